The first-order valence-corrected chi connectivity index (χ1v) is 9.61. The zero-order valence-electron chi connectivity index (χ0n) is 16.4. The van der Waals surface area contributed by atoms with Crippen LogP contribution in [0.3, 0.4) is 0 Å². The zero-order valence-corrected chi connectivity index (χ0v) is 16.4. The van der Waals surface area contributed by atoms with Crippen LogP contribution in [0.4, 0.5) is 8.78 Å². The number of halogens is 2. The third-order valence-corrected chi connectivity index (χ3v) is 5.35. The molecule has 3 rings (SSSR count). The fourth-order valence-electron chi connectivity index (χ4n) is 3.57. The van der Waals surface area contributed by atoms with Crippen molar-refractivity contribution in [2.45, 2.75) is 32.4 Å². The number of benzene rings is 2. The van der Waals surface area contributed by atoms with Gasteiger partial charge in [0.15, 0.2) is 0 Å². The molecule has 1 heterocycles. The molecule has 0 atom stereocenters. The second-order valence-electron chi connectivity index (χ2n) is 7.43. The van der Waals surface area contributed by atoms with Crippen molar-refractivity contribution in [3.63, 3.8) is 0 Å². The molecule has 148 valence electrons. The first kappa shape index (κ1) is 20.2. The van der Waals surface area contributed by atoms with Crippen LogP contribution in [0.15, 0.2) is 54.6 Å². The molecular formula is C23H26F2N2O. The highest BCUT2D eigenvalue weighted by atomic mass is 19.1. The van der Waals surface area contributed by atoms with Gasteiger partial charge in [-0.2, -0.15) is 0 Å². The second-order valence-corrected chi connectivity index (χ2v) is 7.43. The molecule has 0 aliphatic carbocycles. The smallest absolute Gasteiger partial charge is 0.247 e. The highest BCUT2D eigenvalue weighted by molar-refractivity contribution is 5.95. The average molecular weight is 384 g/mol. The summed E-state index contributed by atoms with van der Waals surface area (Å²) in [4.78, 5) is 17.1. The summed E-state index contributed by atoms with van der Waals surface area (Å²) in [5.74, 6) is -0.748. The highest BCUT2D eigenvalue weighted by Crippen LogP contribution is 2.22. The molecule has 0 aromatic heterocycles. The number of rotatable bonds is 5. The van der Waals surface area contributed by atoms with Gasteiger partial charge in [0.25, 0.3) is 0 Å². The molecule has 1 fully saturated rings. The average Bonchev–Trinajstić information content (AvgIpc) is 2.68. The normalized spacial score (nSPS) is 16.2. The Labute approximate surface area is 165 Å². The van der Waals surface area contributed by atoms with Crippen LogP contribution in [0, 0.1) is 11.6 Å². The molecule has 1 aliphatic heterocycles. The van der Waals surface area contributed by atoms with Crippen LogP contribution in [0.2, 0.25) is 0 Å². The van der Waals surface area contributed by atoms with Crippen molar-refractivity contribution < 1.29 is 13.6 Å². The molecule has 0 N–H and O–H groups in total. The molecule has 1 saturated heterocycles. The lowest BCUT2D eigenvalue weighted by Crippen LogP contribution is -2.45. The fraction of sp³-hybridized carbons (Fsp3) is 0.348. The summed E-state index contributed by atoms with van der Waals surface area (Å²) in [5, 5.41) is 0. The monoisotopic (exact) mass is 384 g/mol. The zero-order chi connectivity index (χ0) is 20.1. The van der Waals surface area contributed by atoms with Gasteiger partial charge >= 0.3 is 0 Å². The molecule has 2 aromatic carbocycles. The molecule has 2 aromatic rings. The van der Waals surface area contributed by atoms with Gasteiger partial charge in [-0.1, -0.05) is 30.3 Å². The predicted octanol–water partition coefficient (Wildman–Crippen LogP) is 4.49. The maximum Gasteiger partial charge on any atom is 0.247 e. The second kappa shape index (κ2) is 9.11. The molecule has 0 bridgehead atoms. The minimum atomic E-state index is -0.310. The molecular weight excluding hydrogens is 358 g/mol. The van der Waals surface area contributed by atoms with E-state index in [0.717, 1.165) is 37.1 Å². The number of carbonyl (C=O) groups excluding carboxylic acids is 1. The fourth-order valence-corrected chi connectivity index (χ4v) is 3.57. The van der Waals surface area contributed by atoms with Crippen LogP contribution >= 0.6 is 0 Å². The lowest BCUT2D eigenvalue weighted by atomic mass is 10.0. The summed E-state index contributed by atoms with van der Waals surface area (Å²) in [5.41, 5.74) is 2.07. The molecule has 28 heavy (non-hydrogen) atoms. The van der Waals surface area contributed by atoms with Crippen molar-refractivity contribution in [2.75, 3.05) is 20.1 Å². The number of piperidine rings is 1. The first-order chi connectivity index (χ1) is 13.4. The maximum absolute atomic E-state index is 14.2. The minimum absolute atomic E-state index is 0.0700. The van der Waals surface area contributed by atoms with Gasteiger partial charge < -0.3 is 9.80 Å². The predicted molar refractivity (Wildman–Crippen MR) is 108 cm³/mol. The third kappa shape index (κ3) is 5.04. The summed E-state index contributed by atoms with van der Waals surface area (Å²) in [6.45, 7) is 3.90. The van der Waals surface area contributed by atoms with E-state index in [9.17, 15) is 13.6 Å². The number of nitrogens with zero attached hydrogens (tertiary/aromatic N) is 2. The number of carbonyl (C=O) groups is 1. The maximum atomic E-state index is 14.2. The van der Waals surface area contributed by atoms with E-state index in [2.05, 4.69) is 11.9 Å². The SMILES string of the molecule is CC(=CC(=O)N(Cc1ccccc1F)C1CCN(C)CC1)c1ccc(F)cc1. The summed E-state index contributed by atoms with van der Waals surface area (Å²) >= 11 is 0. The summed E-state index contributed by atoms with van der Waals surface area (Å²) in [7, 11) is 2.07. The van der Waals surface area contributed by atoms with E-state index < -0.39 is 0 Å². The summed E-state index contributed by atoms with van der Waals surface area (Å²) < 4.78 is 27.4. The lowest BCUT2D eigenvalue weighted by molar-refractivity contribution is -0.129. The molecule has 5 heteroatoms. The minimum Gasteiger partial charge on any atom is -0.332 e. The Bertz CT molecular complexity index is 840. The van der Waals surface area contributed by atoms with Gasteiger partial charge in [0.05, 0.1) is 0 Å². The van der Waals surface area contributed by atoms with E-state index >= 15 is 0 Å². The summed E-state index contributed by atoms with van der Waals surface area (Å²) in [6, 6.07) is 12.7. The molecule has 0 radical (unpaired) electrons. The Morgan fingerprint density at radius 1 is 1.11 bits per heavy atom. The van der Waals surface area contributed by atoms with Crippen LogP contribution in [-0.4, -0.2) is 41.9 Å². The number of amides is 1. The van der Waals surface area contributed by atoms with E-state index in [4.69, 9.17) is 0 Å². The van der Waals surface area contributed by atoms with E-state index in [1.807, 2.05) is 6.92 Å². The van der Waals surface area contributed by atoms with E-state index in [1.165, 1.54) is 18.2 Å². The van der Waals surface area contributed by atoms with Crippen LogP contribution in [0.1, 0.15) is 30.9 Å². The Morgan fingerprint density at radius 2 is 1.75 bits per heavy atom. The highest BCUT2D eigenvalue weighted by Gasteiger charge is 2.27. The Balaban J connectivity index is 1.84. The largest absolute Gasteiger partial charge is 0.332 e. The number of hydrogen-bond donors (Lipinski definition) is 0. The number of hydrogen-bond acceptors (Lipinski definition) is 2. The van der Waals surface area contributed by atoms with Gasteiger partial charge in [0.2, 0.25) is 5.91 Å². The van der Waals surface area contributed by atoms with E-state index in [1.54, 1.807) is 41.3 Å². The van der Waals surface area contributed by atoms with E-state index in [0.29, 0.717) is 5.56 Å². The number of likely N-dealkylation sites (tertiary alicyclic amines) is 1. The van der Waals surface area contributed by atoms with Crippen LogP contribution in [-0.2, 0) is 11.3 Å². The van der Waals surface area contributed by atoms with Crippen molar-refractivity contribution in [2.24, 2.45) is 0 Å². The van der Waals surface area contributed by atoms with Gasteiger partial charge in [0.1, 0.15) is 11.6 Å². The van der Waals surface area contributed by atoms with Gasteiger partial charge in [0, 0.05) is 24.2 Å². The third-order valence-electron chi connectivity index (χ3n) is 5.35. The summed E-state index contributed by atoms with van der Waals surface area (Å²) in [6.07, 6.45) is 3.30. The van der Waals surface area contributed by atoms with Crippen molar-refractivity contribution >= 4 is 11.5 Å². The van der Waals surface area contributed by atoms with Crippen molar-refractivity contribution in [1.29, 1.82) is 0 Å². The standard InChI is InChI=1S/C23H26F2N2O/c1-17(18-7-9-20(24)10-8-18)15-23(28)27(21-11-13-26(2)14-12-21)16-19-5-3-4-6-22(19)25/h3-10,15,21H,11-14,16H2,1-2H3. The molecule has 3 nitrogen and oxygen atoms in total. The van der Waals surface area contributed by atoms with Crippen molar-refractivity contribution in [3.8, 4) is 0 Å². The van der Waals surface area contributed by atoms with Crippen molar-refractivity contribution in [1.82, 2.24) is 9.80 Å². The number of allylic oxidation sites excluding steroid dienone is 1. The van der Waals surface area contributed by atoms with Gasteiger partial charge in [-0.3, -0.25) is 4.79 Å². The van der Waals surface area contributed by atoms with Gasteiger partial charge in [-0.25, -0.2) is 8.78 Å². The molecule has 0 unspecified atom stereocenters. The van der Waals surface area contributed by atoms with Gasteiger partial charge in [-0.05, 0) is 69.2 Å². The van der Waals surface area contributed by atoms with Crippen LogP contribution < -0.4 is 0 Å². The van der Waals surface area contributed by atoms with Crippen LogP contribution in [0.5, 0.6) is 0 Å². The molecule has 0 saturated carbocycles. The molecule has 1 amide bonds. The quantitative estimate of drug-likeness (QED) is 0.709. The van der Waals surface area contributed by atoms with E-state index in [-0.39, 0.29) is 30.1 Å². The Morgan fingerprint density at radius 3 is 2.39 bits per heavy atom. The van der Waals surface area contributed by atoms with Crippen LogP contribution in [0.25, 0.3) is 5.57 Å². The first-order valence-electron chi connectivity index (χ1n) is 9.61. The molecule has 0 spiro atoms. The topological polar surface area (TPSA) is 23.6 Å². The van der Waals surface area contributed by atoms with Gasteiger partial charge in [-0.15, -0.1) is 0 Å². The lowest BCUT2D eigenvalue weighted by Gasteiger charge is -2.37. The Hall–Kier alpha value is -2.53. The Kier molecular flexibility index (Phi) is 6.57. The van der Waals surface area contributed by atoms with Crippen molar-refractivity contribution in [3.05, 3.63) is 77.4 Å². The molecule has 1 aliphatic rings.